The highest BCUT2D eigenvalue weighted by Gasteiger charge is 2.13. The van der Waals surface area contributed by atoms with Crippen LogP contribution in [0.4, 0.5) is 0 Å². The van der Waals surface area contributed by atoms with Crippen molar-refractivity contribution in [2.75, 3.05) is 0 Å². The van der Waals surface area contributed by atoms with Crippen LogP contribution in [0.25, 0.3) is 0 Å². The first-order chi connectivity index (χ1) is 5.42. The van der Waals surface area contributed by atoms with Crippen LogP contribution in [-0.4, -0.2) is 11.3 Å². The maximum absolute atomic E-state index is 10.5. The summed E-state index contributed by atoms with van der Waals surface area (Å²) in [7, 11) is 0. The van der Waals surface area contributed by atoms with E-state index in [-0.39, 0.29) is 0 Å². The zero-order valence-electron chi connectivity index (χ0n) is 6.39. The largest absolute Gasteiger partial charge is 0.359 e. The molecule has 1 aromatic heterocycles. The molecule has 1 aliphatic rings. The van der Waals surface area contributed by atoms with Crippen LogP contribution in [0, 0.1) is 0 Å². The van der Waals surface area contributed by atoms with Gasteiger partial charge >= 0.3 is 0 Å². The van der Waals surface area contributed by atoms with E-state index in [2.05, 4.69) is 4.98 Å². The van der Waals surface area contributed by atoms with Crippen LogP contribution in [0.1, 0.15) is 34.5 Å². The topological polar surface area (TPSA) is 32.9 Å². The minimum Gasteiger partial charge on any atom is -0.359 e. The third-order valence-corrected chi connectivity index (χ3v) is 2.36. The average molecular weight is 149 g/mol. The molecule has 0 aromatic carbocycles. The third-order valence-electron chi connectivity index (χ3n) is 2.36. The molecule has 0 atom stereocenters. The molecular formula is C9H11NO. The van der Waals surface area contributed by atoms with Gasteiger partial charge in [-0.1, -0.05) is 0 Å². The number of hydrogen-bond donors (Lipinski definition) is 1. The summed E-state index contributed by atoms with van der Waals surface area (Å²) in [4.78, 5) is 13.5. The van der Waals surface area contributed by atoms with Crippen LogP contribution in [-0.2, 0) is 12.8 Å². The van der Waals surface area contributed by atoms with E-state index in [9.17, 15) is 4.79 Å². The molecule has 2 heteroatoms. The van der Waals surface area contributed by atoms with Crippen molar-refractivity contribution in [1.82, 2.24) is 4.98 Å². The average Bonchev–Trinajstić information content (AvgIpc) is 2.47. The molecule has 58 valence electrons. The predicted molar refractivity (Wildman–Crippen MR) is 42.8 cm³/mol. The molecule has 1 heterocycles. The highest BCUT2D eigenvalue weighted by molar-refractivity contribution is 5.75. The van der Waals surface area contributed by atoms with Crippen LogP contribution < -0.4 is 0 Å². The number of H-pyrrole nitrogens is 1. The summed E-state index contributed by atoms with van der Waals surface area (Å²) < 4.78 is 0. The first kappa shape index (κ1) is 6.65. The Morgan fingerprint density at radius 3 is 3.00 bits per heavy atom. The number of carbonyl (C=O) groups is 1. The Morgan fingerprint density at radius 1 is 1.36 bits per heavy atom. The summed E-state index contributed by atoms with van der Waals surface area (Å²) in [6.45, 7) is 0. The Hall–Kier alpha value is -1.05. The fourth-order valence-electron chi connectivity index (χ4n) is 1.75. The van der Waals surface area contributed by atoms with Gasteiger partial charge in [-0.25, -0.2) is 0 Å². The lowest BCUT2D eigenvalue weighted by Gasteiger charge is -2.10. The minimum absolute atomic E-state index is 0.791. The van der Waals surface area contributed by atoms with Crippen LogP contribution >= 0.6 is 0 Å². The summed E-state index contributed by atoms with van der Waals surface area (Å²) in [5.74, 6) is 0. The number of nitrogens with one attached hydrogen (secondary N) is 1. The number of aldehydes is 1. The van der Waals surface area contributed by atoms with Gasteiger partial charge in [-0.05, 0) is 36.8 Å². The Kier molecular flexibility index (Phi) is 1.53. The number of rotatable bonds is 1. The molecule has 2 rings (SSSR count). The molecule has 1 N–H and O–H groups in total. The van der Waals surface area contributed by atoms with Gasteiger partial charge in [-0.2, -0.15) is 0 Å². The van der Waals surface area contributed by atoms with Crippen molar-refractivity contribution in [2.24, 2.45) is 0 Å². The molecule has 0 fully saturated rings. The molecule has 0 spiro atoms. The van der Waals surface area contributed by atoms with Crippen LogP contribution in [0.2, 0.25) is 0 Å². The molecule has 0 saturated carbocycles. The summed E-state index contributed by atoms with van der Waals surface area (Å²) in [6, 6.07) is 0. The molecule has 0 amide bonds. The SMILES string of the molecule is O=Cc1[nH]cc2c1CCCC2. The highest BCUT2D eigenvalue weighted by atomic mass is 16.1. The zero-order valence-corrected chi connectivity index (χ0v) is 6.39. The first-order valence-electron chi connectivity index (χ1n) is 4.06. The van der Waals surface area contributed by atoms with Crippen LogP contribution in [0.5, 0.6) is 0 Å². The molecule has 0 saturated heterocycles. The van der Waals surface area contributed by atoms with Gasteiger partial charge in [0, 0.05) is 6.20 Å². The van der Waals surface area contributed by atoms with E-state index in [0.29, 0.717) is 0 Å². The van der Waals surface area contributed by atoms with E-state index in [1.54, 1.807) is 0 Å². The fourth-order valence-corrected chi connectivity index (χ4v) is 1.75. The molecule has 1 aliphatic carbocycles. The minimum atomic E-state index is 0.791. The predicted octanol–water partition coefficient (Wildman–Crippen LogP) is 1.71. The molecule has 11 heavy (non-hydrogen) atoms. The van der Waals surface area contributed by atoms with Crippen LogP contribution in [0.3, 0.4) is 0 Å². The van der Waals surface area contributed by atoms with Crippen molar-refractivity contribution in [2.45, 2.75) is 25.7 Å². The van der Waals surface area contributed by atoms with Gasteiger partial charge in [0.2, 0.25) is 0 Å². The molecule has 0 radical (unpaired) electrons. The molecular weight excluding hydrogens is 138 g/mol. The van der Waals surface area contributed by atoms with E-state index >= 15 is 0 Å². The van der Waals surface area contributed by atoms with Gasteiger partial charge in [-0.3, -0.25) is 4.79 Å². The van der Waals surface area contributed by atoms with Crippen molar-refractivity contribution in [1.29, 1.82) is 0 Å². The van der Waals surface area contributed by atoms with Gasteiger partial charge in [-0.15, -0.1) is 0 Å². The summed E-state index contributed by atoms with van der Waals surface area (Å²) >= 11 is 0. The zero-order chi connectivity index (χ0) is 7.68. The number of hydrogen-bond acceptors (Lipinski definition) is 1. The monoisotopic (exact) mass is 149 g/mol. The quantitative estimate of drug-likeness (QED) is 0.606. The molecule has 2 nitrogen and oxygen atoms in total. The number of aryl methyl sites for hydroxylation is 1. The standard InChI is InChI=1S/C9H11NO/c11-6-9-8-4-2-1-3-7(8)5-10-9/h5-6,10H,1-4H2. The maximum Gasteiger partial charge on any atom is 0.166 e. The number of aromatic amines is 1. The Bertz CT molecular complexity index is 275. The smallest absolute Gasteiger partial charge is 0.166 e. The summed E-state index contributed by atoms with van der Waals surface area (Å²) in [5, 5.41) is 0. The number of carbonyl (C=O) groups excluding carboxylic acids is 1. The molecule has 0 unspecified atom stereocenters. The van der Waals surface area contributed by atoms with E-state index < -0.39 is 0 Å². The van der Waals surface area contributed by atoms with Gasteiger partial charge in [0.05, 0.1) is 5.69 Å². The Morgan fingerprint density at radius 2 is 2.18 bits per heavy atom. The second kappa shape index (κ2) is 2.53. The van der Waals surface area contributed by atoms with E-state index in [4.69, 9.17) is 0 Å². The lowest BCUT2D eigenvalue weighted by Crippen LogP contribution is -2.00. The van der Waals surface area contributed by atoms with E-state index in [1.807, 2.05) is 6.20 Å². The lowest BCUT2D eigenvalue weighted by molar-refractivity contribution is 0.111. The van der Waals surface area contributed by atoms with Gasteiger partial charge in [0.25, 0.3) is 0 Å². The van der Waals surface area contributed by atoms with Crippen molar-refractivity contribution in [3.8, 4) is 0 Å². The summed E-state index contributed by atoms with van der Waals surface area (Å²) in [6.07, 6.45) is 7.60. The van der Waals surface area contributed by atoms with Crippen molar-refractivity contribution in [3.05, 3.63) is 23.0 Å². The van der Waals surface area contributed by atoms with Crippen molar-refractivity contribution >= 4 is 6.29 Å². The Balaban J connectivity index is 2.45. The number of fused-ring (bicyclic) bond motifs is 1. The first-order valence-corrected chi connectivity index (χ1v) is 4.06. The van der Waals surface area contributed by atoms with Crippen molar-refractivity contribution in [3.63, 3.8) is 0 Å². The molecule has 0 bridgehead atoms. The van der Waals surface area contributed by atoms with Crippen LogP contribution in [0.15, 0.2) is 6.20 Å². The third kappa shape index (κ3) is 0.985. The number of aromatic nitrogens is 1. The highest BCUT2D eigenvalue weighted by Crippen LogP contribution is 2.22. The normalized spacial score (nSPS) is 16.0. The second-order valence-corrected chi connectivity index (χ2v) is 3.03. The molecule has 1 aromatic rings. The fraction of sp³-hybridized carbons (Fsp3) is 0.444. The van der Waals surface area contributed by atoms with Gasteiger partial charge in [0.1, 0.15) is 0 Å². The maximum atomic E-state index is 10.5. The van der Waals surface area contributed by atoms with Gasteiger partial charge < -0.3 is 4.98 Å². The van der Waals surface area contributed by atoms with Crippen molar-refractivity contribution < 1.29 is 4.79 Å². The lowest BCUT2D eigenvalue weighted by atomic mass is 9.94. The Labute approximate surface area is 65.6 Å². The molecule has 0 aliphatic heterocycles. The van der Waals surface area contributed by atoms with E-state index in [0.717, 1.165) is 24.8 Å². The summed E-state index contributed by atoms with van der Waals surface area (Å²) in [5.41, 5.74) is 3.39. The van der Waals surface area contributed by atoms with E-state index in [1.165, 1.54) is 24.0 Å². The second-order valence-electron chi connectivity index (χ2n) is 3.03. The van der Waals surface area contributed by atoms with Gasteiger partial charge in [0.15, 0.2) is 6.29 Å².